The number of hydrogen-bond acceptors (Lipinski definition) is 4. The molecule has 1 aliphatic heterocycles. The van der Waals surface area contributed by atoms with E-state index < -0.39 is 0 Å². The summed E-state index contributed by atoms with van der Waals surface area (Å²) in [4.78, 5) is 26.0. The van der Waals surface area contributed by atoms with Crippen molar-refractivity contribution in [1.29, 1.82) is 0 Å². The van der Waals surface area contributed by atoms with Crippen molar-refractivity contribution >= 4 is 28.5 Å². The normalized spacial score (nSPS) is 17.8. The molecule has 0 aliphatic carbocycles. The number of H-pyrrole nitrogens is 1. The minimum atomic E-state index is -0.329. The van der Waals surface area contributed by atoms with Crippen LogP contribution >= 0.6 is 11.6 Å². The van der Waals surface area contributed by atoms with Crippen LogP contribution in [0.1, 0.15) is 35.3 Å². The van der Waals surface area contributed by atoms with Gasteiger partial charge in [-0.05, 0) is 42.6 Å². The molecule has 1 aromatic carbocycles. The third-order valence-corrected chi connectivity index (χ3v) is 4.52. The fourth-order valence-electron chi connectivity index (χ4n) is 3.04. The molecule has 1 fully saturated rings. The standard InChI is InChI=1S/C15H14ClFN6O/c1-22-15(16)20-13(21-22)14(24)23-6-2-3-11(23)12-18-9-5-4-8(17)7-10(9)19-12/h4-5,7,11H,2-3,6H2,1H3,(H,18,19). The van der Waals surface area contributed by atoms with Gasteiger partial charge >= 0.3 is 0 Å². The Morgan fingerprint density at radius 2 is 2.25 bits per heavy atom. The number of likely N-dealkylation sites (tertiary alicyclic amines) is 1. The summed E-state index contributed by atoms with van der Waals surface area (Å²) >= 11 is 5.87. The average molecular weight is 349 g/mol. The van der Waals surface area contributed by atoms with Gasteiger partial charge < -0.3 is 9.88 Å². The second kappa shape index (κ2) is 5.55. The van der Waals surface area contributed by atoms with Crippen LogP contribution in [0.4, 0.5) is 4.39 Å². The summed E-state index contributed by atoms with van der Waals surface area (Å²) in [5.74, 6) is 0.0936. The van der Waals surface area contributed by atoms with Gasteiger partial charge in [-0.15, -0.1) is 5.10 Å². The number of rotatable bonds is 2. The van der Waals surface area contributed by atoms with Gasteiger partial charge in [0.2, 0.25) is 11.1 Å². The number of hydrogen-bond donors (Lipinski definition) is 1. The van der Waals surface area contributed by atoms with Crippen molar-refractivity contribution in [2.24, 2.45) is 7.05 Å². The number of benzene rings is 1. The summed E-state index contributed by atoms with van der Waals surface area (Å²) < 4.78 is 14.7. The lowest BCUT2D eigenvalue weighted by Crippen LogP contribution is -2.32. The number of aromatic nitrogens is 5. The van der Waals surface area contributed by atoms with Gasteiger partial charge in [0, 0.05) is 13.6 Å². The average Bonchev–Trinajstić information content (AvgIpc) is 3.25. The number of carbonyl (C=O) groups excluding carboxylic acids is 1. The molecule has 0 saturated carbocycles. The lowest BCUT2D eigenvalue weighted by molar-refractivity contribution is 0.0718. The van der Waals surface area contributed by atoms with E-state index in [4.69, 9.17) is 11.6 Å². The summed E-state index contributed by atoms with van der Waals surface area (Å²) in [5.41, 5.74) is 1.29. The van der Waals surface area contributed by atoms with Gasteiger partial charge in [-0.1, -0.05) is 0 Å². The molecule has 1 saturated heterocycles. The molecule has 7 nitrogen and oxygen atoms in total. The first kappa shape index (κ1) is 15.1. The van der Waals surface area contributed by atoms with Gasteiger partial charge in [-0.3, -0.25) is 4.79 Å². The van der Waals surface area contributed by atoms with Crippen LogP contribution < -0.4 is 0 Å². The molecule has 3 aromatic rings. The van der Waals surface area contributed by atoms with Gasteiger partial charge in [0.15, 0.2) is 0 Å². The number of halogens is 2. The summed E-state index contributed by atoms with van der Waals surface area (Å²) in [6.45, 7) is 0.588. The third kappa shape index (κ3) is 2.43. The van der Waals surface area contributed by atoms with Crippen molar-refractivity contribution in [1.82, 2.24) is 29.6 Å². The van der Waals surface area contributed by atoms with Crippen molar-refractivity contribution in [3.63, 3.8) is 0 Å². The highest BCUT2D eigenvalue weighted by molar-refractivity contribution is 6.28. The monoisotopic (exact) mass is 348 g/mol. The van der Waals surface area contributed by atoms with Crippen molar-refractivity contribution in [3.05, 3.63) is 40.9 Å². The van der Waals surface area contributed by atoms with Crippen LogP contribution in [-0.4, -0.2) is 42.1 Å². The molecule has 0 radical (unpaired) electrons. The molecule has 1 unspecified atom stereocenters. The van der Waals surface area contributed by atoms with Crippen LogP contribution in [0.25, 0.3) is 11.0 Å². The third-order valence-electron chi connectivity index (χ3n) is 4.19. The maximum atomic E-state index is 13.3. The molecule has 0 spiro atoms. The molecular weight excluding hydrogens is 335 g/mol. The zero-order valence-corrected chi connectivity index (χ0v) is 13.6. The maximum absolute atomic E-state index is 13.3. The van der Waals surface area contributed by atoms with Gasteiger partial charge in [-0.25, -0.2) is 14.1 Å². The summed E-state index contributed by atoms with van der Waals surface area (Å²) in [7, 11) is 1.63. The van der Waals surface area contributed by atoms with E-state index in [-0.39, 0.29) is 28.9 Å². The molecule has 3 heterocycles. The van der Waals surface area contributed by atoms with Crippen molar-refractivity contribution < 1.29 is 9.18 Å². The smallest absolute Gasteiger partial charge is 0.294 e. The summed E-state index contributed by atoms with van der Waals surface area (Å²) in [6.07, 6.45) is 1.62. The number of nitrogens with one attached hydrogen (secondary N) is 1. The van der Waals surface area contributed by atoms with Crippen molar-refractivity contribution in [2.45, 2.75) is 18.9 Å². The molecule has 1 aliphatic rings. The molecule has 2 aromatic heterocycles. The first-order valence-electron chi connectivity index (χ1n) is 7.55. The zero-order valence-electron chi connectivity index (χ0n) is 12.8. The van der Waals surface area contributed by atoms with Crippen LogP contribution in [0.15, 0.2) is 18.2 Å². The van der Waals surface area contributed by atoms with Gasteiger partial charge in [-0.2, -0.15) is 4.98 Å². The van der Waals surface area contributed by atoms with Crippen LogP contribution in [-0.2, 0) is 7.05 Å². The number of fused-ring (bicyclic) bond motifs is 1. The molecule has 9 heteroatoms. The first-order chi connectivity index (χ1) is 11.5. The Kier molecular flexibility index (Phi) is 3.49. The quantitative estimate of drug-likeness (QED) is 0.771. The number of aromatic amines is 1. The Morgan fingerprint density at radius 3 is 3.00 bits per heavy atom. The van der Waals surface area contributed by atoms with E-state index in [1.54, 1.807) is 18.0 Å². The van der Waals surface area contributed by atoms with E-state index in [1.807, 2.05) is 0 Å². The number of aryl methyl sites for hydroxylation is 1. The Hall–Kier alpha value is -2.48. The van der Waals surface area contributed by atoms with E-state index in [0.29, 0.717) is 23.4 Å². The number of nitrogens with zero attached hydrogens (tertiary/aromatic N) is 5. The SMILES string of the molecule is Cn1nc(C(=O)N2CCCC2c2nc3ccc(F)cc3[nH]2)nc1Cl. The fraction of sp³-hybridized carbons (Fsp3) is 0.333. The highest BCUT2D eigenvalue weighted by Crippen LogP contribution is 2.32. The second-order valence-electron chi connectivity index (χ2n) is 5.77. The number of imidazole rings is 1. The van der Waals surface area contributed by atoms with Crippen LogP contribution in [0.5, 0.6) is 0 Å². The van der Waals surface area contributed by atoms with Crippen LogP contribution in [0.3, 0.4) is 0 Å². The Balaban J connectivity index is 1.67. The van der Waals surface area contributed by atoms with Crippen molar-refractivity contribution in [2.75, 3.05) is 6.54 Å². The van der Waals surface area contributed by atoms with E-state index in [0.717, 1.165) is 12.8 Å². The Morgan fingerprint density at radius 1 is 1.42 bits per heavy atom. The lowest BCUT2D eigenvalue weighted by atomic mass is 10.2. The fourth-order valence-corrected chi connectivity index (χ4v) is 3.16. The topological polar surface area (TPSA) is 79.7 Å². The molecule has 4 rings (SSSR count). The predicted molar refractivity (Wildman–Crippen MR) is 85.1 cm³/mol. The molecule has 1 atom stereocenters. The van der Waals surface area contributed by atoms with E-state index >= 15 is 0 Å². The largest absolute Gasteiger partial charge is 0.340 e. The van der Waals surface area contributed by atoms with Crippen LogP contribution in [0, 0.1) is 5.82 Å². The molecular formula is C15H14ClFN6O. The zero-order chi connectivity index (χ0) is 16.8. The van der Waals surface area contributed by atoms with Gasteiger partial charge in [0.05, 0.1) is 17.1 Å². The summed E-state index contributed by atoms with van der Waals surface area (Å²) in [5, 5.41) is 4.20. The van der Waals surface area contributed by atoms with Gasteiger partial charge in [0.25, 0.3) is 5.91 Å². The first-order valence-corrected chi connectivity index (χ1v) is 7.93. The highest BCUT2D eigenvalue weighted by atomic mass is 35.5. The minimum Gasteiger partial charge on any atom is -0.340 e. The Bertz CT molecular complexity index is 916. The molecule has 124 valence electrons. The van der Waals surface area contributed by atoms with E-state index in [9.17, 15) is 9.18 Å². The maximum Gasteiger partial charge on any atom is 0.294 e. The highest BCUT2D eigenvalue weighted by Gasteiger charge is 2.34. The second-order valence-corrected chi connectivity index (χ2v) is 6.11. The van der Waals surface area contributed by atoms with Gasteiger partial charge in [0.1, 0.15) is 11.6 Å². The molecule has 24 heavy (non-hydrogen) atoms. The predicted octanol–water partition coefficient (Wildman–Crippen LogP) is 2.46. The molecule has 1 amide bonds. The van der Waals surface area contributed by atoms with Crippen LogP contribution in [0.2, 0.25) is 5.28 Å². The number of carbonyl (C=O) groups is 1. The molecule has 1 N–H and O–H groups in total. The minimum absolute atomic E-state index is 0.0663. The van der Waals surface area contributed by atoms with E-state index in [1.165, 1.54) is 16.8 Å². The van der Waals surface area contributed by atoms with Crippen molar-refractivity contribution in [3.8, 4) is 0 Å². The number of amides is 1. The lowest BCUT2D eigenvalue weighted by Gasteiger charge is -2.21. The summed E-state index contributed by atoms with van der Waals surface area (Å²) in [6, 6.07) is 4.17. The molecule has 0 bridgehead atoms. The van der Waals surface area contributed by atoms with E-state index in [2.05, 4.69) is 20.1 Å². The Labute approximate surface area is 141 Å².